The highest BCUT2D eigenvalue weighted by molar-refractivity contribution is 5.93. The van der Waals surface area contributed by atoms with Gasteiger partial charge in [-0.25, -0.2) is 13.8 Å². The number of fused-ring (bicyclic) bond motifs is 1. The largest absolute Gasteiger partial charge is 0.394 e. The van der Waals surface area contributed by atoms with E-state index >= 15 is 0 Å². The van der Waals surface area contributed by atoms with Crippen LogP contribution in [0.5, 0.6) is 0 Å². The number of halogens is 2. The topological polar surface area (TPSA) is 69.9 Å². The lowest BCUT2D eigenvalue weighted by atomic mass is 10.0. The number of carbonyl (C=O) groups excluding carboxylic acids is 1. The zero-order chi connectivity index (χ0) is 20.5. The Balaban J connectivity index is 1.69. The molecule has 2 atom stereocenters. The van der Waals surface area contributed by atoms with Crippen LogP contribution >= 0.6 is 0 Å². The highest BCUT2D eigenvalue weighted by atomic mass is 19.1. The van der Waals surface area contributed by atoms with Gasteiger partial charge in [-0.15, -0.1) is 0 Å². The zero-order valence-electron chi connectivity index (χ0n) is 16.0. The van der Waals surface area contributed by atoms with Crippen LogP contribution in [0.1, 0.15) is 41.9 Å². The molecule has 2 aromatic heterocycles. The van der Waals surface area contributed by atoms with E-state index in [1.54, 1.807) is 23.6 Å². The molecule has 1 amide bonds. The van der Waals surface area contributed by atoms with Gasteiger partial charge in [-0.3, -0.25) is 9.20 Å². The van der Waals surface area contributed by atoms with Crippen molar-refractivity contribution in [1.82, 2.24) is 14.7 Å². The molecule has 0 spiro atoms. The van der Waals surface area contributed by atoms with Crippen LogP contribution in [0.25, 0.3) is 5.65 Å². The van der Waals surface area contributed by atoms with Crippen molar-refractivity contribution in [1.29, 1.82) is 0 Å². The first kappa shape index (κ1) is 19.3. The molecular formula is C21H22F2N4O2. The molecule has 2 N–H and O–H groups in total. The lowest BCUT2D eigenvalue weighted by Crippen LogP contribution is -2.35. The molecule has 0 bridgehead atoms. The van der Waals surface area contributed by atoms with Crippen molar-refractivity contribution in [3.63, 3.8) is 0 Å². The van der Waals surface area contributed by atoms with Crippen LogP contribution in [0, 0.1) is 11.6 Å². The van der Waals surface area contributed by atoms with Gasteiger partial charge >= 0.3 is 0 Å². The number of aliphatic hydroxyl groups is 1. The van der Waals surface area contributed by atoms with Gasteiger partial charge in [-0.05, 0) is 50.1 Å². The highest BCUT2D eigenvalue weighted by Gasteiger charge is 2.29. The Hall–Kier alpha value is -3.00. The third kappa shape index (κ3) is 3.67. The van der Waals surface area contributed by atoms with E-state index in [4.69, 9.17) is 5.11 Å². The molecule has 1 aliphatic rings. The highest BCUT2D eigenvalue weighted by Crippen LogP contribution is 2.37. The van der Waals surface area contributed by atoms with Crippen molar-refractivity contribution in [3.8, 4) is 0 Å². The van der Waals surface area contributed by atoms with Crippen LogP contribution in [0.2, 0.25) is 0 Å². The van der Waals surface area contributed by atoms with Crippen molar-refractivity contribution in [2.75, 3.05) is 18.1 Å². The summed E-state index contributed by atoms with van der Waals surface area (Å²) in [7, 11) is 0. The lowest BCUT2D eigenvalue weighted by molar-refractivity contribution is 0.0916. The summed E-state index contributed by atoms with van der Waals surface area (Å²) < 4.78 is 29.7. The Morgan fingerprint density at radius 3 is 2.97 bits per heavy atom. The van der Waals surface area contributed by atoms with E-state index in [-0.39, 0.29) is 24.6 Å². The number of nitrogens with zero attached hydrogens (tertiary/aromatic N) is 3. The van der Waals surface area contributed by atoms with Crippen LogP contribution in [-0.2, 0) is 0 Å². The van der Waals surface area contributed by atoms with E-state index in [1.165, 1.54) is 12.3 Å². The fourth-order valence-electron chi connectivity index (χ4n) is 3.82. The zero-order valence-corrected chi connectivity index (χ0v) is 16.0. The van der Waals surface area contributed by atoms with E-state index in [2.05, 4.69) is 10.3 Å². The summed E-state index contributed by atoms with van der Waals surface area (Å²) in [6.45, 7) is 2.24. The average Bonchev–Trinajstić information content (AvgIpc) is 3.36. The molecule has 1 saturated heterocycles. The third-order valence-electron chi connectivity index (χ3n) is 5.28. The summed E-state index contributed by atoms with van der Waals surface area (Å²) in [5, 5.41) is 11.9. The predicted octanol–water partition coefficient (Wildman–Crippen LogP) is 3.06. The lowest BCUT2D eigenvalue weighted by Gasteiger charge is -2.27. The molecule has 1 unspecified atom stereocenters. The van der Waals surface area contributed by atoms with Gasteiger partial charge in [0.15, 0.2) is 0 Å². The van der Waals surface area contributed by atoms with Crippen molar-refractivity contribution >= 4 is 17.2 Å². The van der Waals surface area contributed by atoms with E-state index in [0.717, 1.165) is 24.2 Å². The van der Waals surface area contributed by atoms with Gasteiger partial charge in [0, 0.05) is 24.3 Å². The summed E-state index contributed by atoms with van der Waals surface area (Å²) >= 11 is 0. The van der Waals surface area contributed by atoms with Crippen LogP contribution in [-0.4, -0.2) is 39.6 Å². The minimum atomic E-state index is -0.463. The number of imidazole rings is 1. The summed E-state index contributed by atoms with van der Waals surface area (Å²) in [6, 6.07) is 6.53. The Labute approximate surface area is 166 Å². The molecule has 1 aromatic carbocycles. The quantitative estimate of drug-likeness (QED) is 0.691. The van der Waals surface area contributed by atoms with Crippen LogP contribution in [0.15, 0.2) is 42.7 Å². The average molecular weight is 400 g/mol. The van der Waals surface area contributed by atoms with Crippen LogP contribution in [0.4, 0.5) is 14.5 Å². The number of benzene rings is 1. The number of hydrogen-bond donors (Lipinski definition) is 2. The number of carbonyl (C=O) groups is 1. The molecule has 4 rings (SSSR count). The number of pyridine rings is 1. The van der Waals surface area contributed by atoms with Gasteiger partial charge < -0.3 is 15.3 Å². The minimum Gasteiger partial charge on any atom is -0.394 e. The Bertz CT molecular complexity index is 1050. The summed E-state index contributed by atoms with van der Waals surface area (Å²) in [5.74, 6) is -1.23. The maximum Gasteiger partial charge on any atom is 0.270 e. The second-order valence-electron chi connectivity index (χ2n) is 7.33. The fraction of sp³-hybridized carbons (Fsp3) is 0.333. The molecule has 0 saturated carbocycles. The Morgan fingerprint density at radius 1 is 1.34 bits per heavy atom. The monoisotopic (exact) mass is 400 g/mol. The molecule has 0 radical (unpaired) electrons. The number of rotatable bonds is 5. The normalized spacial score (nSPS) is 17.7. The molecular weight excluding hydrogens is 378 g/mol. The standard InChI is InChI=1S/C21H22F2N4O2/c1-13(12-28)25-21(29)19-10-24-20-7-5-15(11-27(19)20)26-8-2-3-18(26)16-9-14(22)4-6-17(16)23/h4-7,9-11,13,18,28H,2-3,8,12H2,1H3,(H,25,29)/t13-,18?/m0/s1. The number of aliphatic hydroxyl groups excluding tert-OH is 1. The van der Waals surface area contributed by atoms with E-state index in [0.29, 0.717) is 29.9 Å². The molecule has 1 fully saturated rings. The van der Waals surface area contributed by atoms with Gasteiger partial charge in [0.25, 0.3) is 5.91 Å². The maximum atomic E-state index is 14.4. The molecule has 152 valence electrons. The van der Waals surface area contributed by atoms with Gasteiger partial charge in [-0.1, -0.05) is 0 Å². The van der Waals surface area contributed by atoms with Crippen LogP contribution < -0.4 is 10.2 Å². The molecule has 6 nitrogen and oxygen atoms in total. The molecule has 1 aliphatic heterocycles. The maximum absolute atomic E-state index is 14.4. The van der Waals surface area contributed by atoms with E-state index in [1.807, 2.05) is 11.0 Å². The molecule has 8 heteroatoms. The van der Waals surface area contributed by atoms with Gasteiger partial charge in [0.1, 0.15) is 23.0 Å². The smallest absolute Gasteiger partial charge is 0.270 e. The fourth-order valence-corrected chi connectivity index (χ4v) is 3.82. The number of hydrogen-bond acceptors (Lipinski definition) is 4. The van der Waals surface area contributed by atoms with Crippen molar-refractivity contribution in [2.45, 2.75) is 31.8 Å². The first-order valence-electron chi connectivity index (χ1n) is 9.58. The second kappa shape index (κ2) is 7.79. The van der Waals surface area contributed by atoms with E-state index < -0.39 is 11.6 Å². The van der Waals surface area contributed by atoms with Gasteiger partial charge in [-0.2, -0.15) is 0 Å². The number of aromatic nitrogens is 2. The number of nitrogens with one attached hydrogen (secondary N) is 1. The molecule has 29 heavy (non-hydrogen) atoms. The first-order valence-corrected chi connectivity index (χ1v) is 9.58. The first-order chi connectivity index (χ1) is 14.0. The molecule has 0 aliphatic carbocycles. The van der Waals surface area contributed by atoms with Gasteiger partial charge in [0.05, 0.1) is 24.5 Å². The summed E-state index contributed by atoms with van der Waals surface area (Å²) in [5.41, 5.74) is 2.08. The SMILES string of the molecule is C[C@@H](CO)NC(=O)c1cnc2ccc(N3CCCC3c3cc(F)ccc3F)cn12. The second-order valence-corrected chi connectivity index (χ2v) is 7.33. The third-order valence-corrected chi connectivity index (χ3v) is 5.28. The molecule has 3 aromatic rings. The van der Waals surface area contributed by atoms with Crippen LogP contribution in [0.3, 0.4) is 0 Å². The molecule has 3 heterocycles. The van der Waals surface area contributed by atoms with E-state index in [9.17, 15) is 13.6 Å². The Kier molecular flexibility index (Phi) is 5.19. The van der Waals surface area contributed by atoms with Crippen molar-refractivity contribution < 1.29 is 18.7 Å². The predicted molar refractivity (Wildman–Crippen MR) is 105 cm³/mol. The summed E-state index contributed by atoms with van der Waals surface area (Å²) in [4.78, 5) is 18.8. The van der Waals surface area contributed by atoms with Crippen molar-refractivity contribution in [2.24, 2.45) is 0 Å². The Morgan fingerprint density at radius 2 is 2.17 bits per heavy atom. The van der Waals surface area contributed by atoms with Crippen molar-refractivity contribution in [3.05, 3.63) is 65.6 Å². The van der Waals surface area contributed by atoms with Gasteiger partial charge in [0.2, 0.25) is 0 Å². The summed E-state index contributed by atoms with van der Waals surface area (Å²) in [6.07, 6.45) is 4.83. The number of amides is 1. The minimum absolute atomic E-state index is 0.164. The number of anilines is 1.